The first-order chi connectivity index (χ1) is 8.10. The van der Waals surface area contributed by atoms with Gasteiger partial charge in [0.05, 0.1) is 0 Å². The molecular formula is C12H20N2O2S. The fraction of sp³-hybridized carbons (Fsp3) is 0.500. The van der Waals surface area contributed by atoms with E-state index in [9.17, 15) is 8.42 Å². The molecule has 0 aliphatic carbocycles. The van der Waals surface area contributed by atoms with Crippen molar-refractivity contribution in [1.29, 1.82) is 0 Å². The van der Waals surface area contributed by atoms with Gasteiger partial charge in [-0.3, -0.25) is 0 Å². The number of rotatable bonds is 7. The van der Waals surface area contributed by atoms with Crippen LogP contribution in [0.2, 0.25) is 0 Å². The van der Waals surface area contributed by atoms with Gasteiger partial charge >= 0.3 is 0 Å². The van der Waals surface area contributed by atoms with Crippen LogP contribution in [0.4, 0.5) is 0 Å². The summed E-state index contributed by atoms with van der Waals surface area (Å²) >= 11 is 0. The first-order valence-corrected chi connectivity index (χ1v) is 7.32. The van der Waals surface area contributed by atoms with E-state index >= 15 is 0 Å². The van der Waals surface area contributed by atoms with Crippen molar-refractivity contribution in [3.05, 3.63) is 35.9 Å². The third kappa shape index (κ3) is 4.46. The monoisotopic (exact) mass is 256 g/mol. The Balaban J connectivity index is 2.72. The van der Waals surface area contributed by atoms with E-state index in [0.717, 1.165) is 12.0 Å². The molecule has 17 heavy (non-hydrogen) atoms. The standard InChI is InChI=1S/C12H20N2O2S/c1-3-10-13-17(15,16)14(4-2)11-12-8-6-5-7-9-12/h5-9,13H,3-4,10-11H2,1-2H3. The van der Waals surface area contributed by atoms with E-state index in [0.29, 0.717) is 19.6 Å². The van der Waals surface area contributed by atoms with E-state index in [1.165, 1.54) is 4.31 Å². The smallest absolute Gasteiger partial charge is 0.202 e. The van der Waals surface area contributed by atoms with Crippen molar-refractivity contribution < 1.29 is 8.42 Å². The average Bonchev–Trinajstić information content (AvgIpc) is 2.34. The molecule has 1 N–H and O–H groups in total. The number of hydrogen-bond acceptors (Lipinski definition) is 2. The second kappa shape index (κ2) is 6.74. The maximum atomic E-state index is 11.9. The molecule has 5 heteroatoms. The molecular weight excluding hydrogens is 236 g/mol. The zero-order valence-corrected chi connectivity index (χ0v) is 11.2. The highest BCUT2D eigenvalue weighted by Crippen LogP contribution is 2.07. The summed E-state index contributed by atoms with van der Waals surface area (Å²) in [6, 6.07) is 9.60. The van der Waals surface area contributed by atoms with Gasteiger partial charge in [-0.05, 0) is 12.0 Å². The molecule has 0 fully saturated rings. The number of nitrogens with one attached hydrogen (secondary N) is 1. The van der Waals surface area contributed by atoms with Gasteiger partial charge in [-0.2, -0.15) is 12.7 Å². The maximum absolute atomic E-state index is 11.9. The fourth-order valence-corrected chi connectivity index (χ4v) is 2.78. The molecule has 0 aliphatic heterocycles. The Morgan fingerprint density at radius 2 is 1.82 bits per heavy atom. The Morgan fingerprint density at radius 1 is 1.18 bits per heavy atom. The minimum absolute atomic E-state index is 0.413. The first-order valence-electron chi connectivity index (χ1n) is 5.88. The molecule has 0 saturated heterocycles. The van der Waals surface area contributed by atoms with E-state index in [-0.39, 0.29) is 0 Å². The van der Waals surface area contributed by atoms with Crippen LogP contribution in [0.3, 0.4) is 0 Å². The molecule has 0 amide bonds. The minimum atomic E-state index is -3.35. The molecule has 0 saturated carbocycles. The molecule has 4 nitrogen and oxygen atoms in total. The lowest BCUT2D eigenvalue weighted by molar-refractivity contribution is 0.414. The Hall–Kier alpha value is -0.910. The summed E-state index contributed by atoms with van der Waals surface area (Å²) in [4.78, 5) is 0. The van der Waals surface area contributed by atoms with Gasteiger partial charge in [0.1, 0.15) is 0 Å². The van der Waals surface area contributed by atoms with Crippen molar-refractivity contribution in [2.75, 3.05) is 13.1 Å². The van der Waals surface area contributed by atoms with Crippen LogP contribution in [0, 0.1) is 0 Å². The molecule has 0 aliphatic rings. The van der Waals surface area contributed by atoms with Gasteiger partial charge in [-0.1, -0.05) is 44.2 Å². The molecule has 0 bridgehead atoms. The SMILES string of the molecule is CCCNS(=O)(=O)N(CC)Cc1ccccc1. The van der Waals surface area contributed by atoms with Gasteiger partial charge in [-0.25, -0.2) is 4.72 Å². The van der Waals surface area contributed by atoms with Crippen LogP contribution in [0.25, 0.3) is 0 Å². The molecule has 0 atom stereocenters. The lowest BCUT2D eigenvalue weighted by Gasteiger charge is -2.20. The minimum Gasteiger partial charge on any atom is -0.202 e. The summed E-state index contributed by atoms with van der Waals surface area (Å²) in [6.07, 6.45) is 0.794. The molecule has 0 heterocycles. The maximum Gasteiger partial charge on any atom is 0.279 e. The summed E-state index contributed by atoms with van der Waals surface area (Å²) in [5.74, 6) is 0. The highest BCUT2D eigenvalue weighted by atomic mass is 32.2. The molecule has 1 aromatic carbocycles. The van der Waals surface area contributed by atoms with E-state index in [2.05, 4.69) is 4.72 Å². The van der Waals surface area contributed by atoms with E-state index < -0.39 is 10.2 Å². The van der Waals surface area contributed by atoms with Crippen LogP contribution in [-0.4, -0.2) is 25.8 Å². The van der Waals surface area contributed by atoms with Gasteiger partial charge in [0.15, 0.2) is 0 Å². The summed E-state index contributed by atoms with van der Waals surface area (Å²) in [5, 5.41) is 0. The number of benzene rings is 1. The van der Waals surface area contributed by atoms with Crippen LogP contribution in [0.15, 0.2) is 30.3 Å². The van der Waals surface area contributed by atoms with Crippen molar-refractivity contribution >= 4 is 10.2 Å². The van der Waals surface area contributed by atoms with Crippen LogP contribution >= 0.6 is 0 Å². The van der Waals surface area contributed by atoms with Gasteiger partial charge in [0, 0.05) is 19.6 Å². The summed E-state index contributed by atoms with van der Waals surface area (Å²) in [7, 11) is -3.35. The quantitative estimate of drug-likeness (QED) is 0.808. The molecule has 0 spiro atoms. The highest BCUT2D eigenvalue weighted by Gasteiger charge is 2.19. The summed E-state index contributed by atoms with van der Waals surface area (Å²) in [5.41, 5.74) is 0.997. The number of nitrogens with zero attached hydrogens (tertiary/aromatic N) is 1. The zero-order valence-electron chi connectivity index (χ0n) is 10.4. The van der Waals surface area contributed by atoms with Crippen molar-refractivity contribution in [1.82, 2.24) is 9.03 Å². The zero-order chi connectivity index (χ0) is 12.7. The van der Waals surface area contributed by atoms with E-state index in [1.54, 1.807) is 0 Å². The lowest BCUT2D eigenvalue weighted by atomic mass is 10.2. The van der Waals surface area contributed by atoms with Crippen molar-refractivity contribution in [2.45, 2.75) is 26.8 Å². The van der Waals surface area contributed by atoms with E-state index in [4.69, 9.17) is 0 Å². The molecule has 1 rings (SSSR count). The predicted molar refractivity (Wildman–Crippen MR) is 69.7 cm³/mol. The van der Waals surface area contributed by atoms with Gasteiger partial charge in [-0.15, -0.1) is 0 Å². The van der Waals surface area contributed by atoms with Crippen molar-refractivity contribution in [3.63, 3.8) is 0 Å². The Kier molecular flexibility index (Phi) is 5.61. The Morgan fingerprint density at radius 3 is 2.35 bits per heavy atom. The third-order valence-electron chi connectivity index (χ3n) is 2.43. The van der Waals surface area contributed by atoms with Crippen LogP contribution < -0.4 is 4.72 Å². The van der Waals surface area contributed by atoms with Gasteiger partial charge < -0.3 is 0 Å². The molecule has 0 radical (unpaired) electrons. The van der Waals surface area contributed by atoms with Crippen molar-refractivity contribution in [2.24, 2.45) is 0 Å². The molecule has 1 aromatic rings. The molecule has 96 valence electrons. The van der Waals surface area contributed by atoms with Crippen LogP contribution in [0.5, 0.6) is 0 Å². The predicted octanol–water partition coefficient (Wildman–Crippen LogP) is 1.75. The summed E-state index contributed by atoms with van der Waals surface area (Å²) in [6.45, 7) is 5.14. The molecule has 0 aromatic heterocycles. The second-order valence-corrected chi connectivity index (χ2v) is 5.57. The first kappa shape index (κ1) is 14.2. The fourth-order valence-electron chi connectivity index (χ4n) is 1.48. The Bertz CT molecular complexity index is 417. The lowest BCUT2D eigenvalue weighted by Crippen LogP contribution is -2.40. The normalized spacial score (nSPS) is 11.9. The molecule has 0 unspecified atom stereocenters. The number of hydrogen-bond donors (Lipinski definition) is 1. The van der Waals surface area contributed by atoms with Crippen LogP contribution in [-0.2, 0) is 16.8 Å². The van der Waals surface area contributed by atoms with Crippen molar-refractivity contribution in [3.8, 4) is 0 Å². The second-order valence-electron chi connectivity index (χ2n) is 3.81. The van der Waals surface area contributed by atoms with E-state index in [1.807, 2.05) is 44.2 Å². The highest BCUT2D eigenvalue weighted by molar-refractivity contribution is 7.87. The van der Waals surface area contributed by atoms with Gasteiger partial charge in [0.2, 0.25) is 0 Å². The van der Waals surface area contributed by atoms with Gasteiger partial charge in [0.25, 0.3) is 10.2 Å². The largest absolute Gasteiger partial charge is 0.279 e. The third-order valence-corrected chi connectivity index (χ3v) is 4.06. The average molecular weight is 256 g/mol. The Labute approximate surface area is 104 Å². The summed E-state index contributed by atoms with van der Waals surface area (Å²) < 4.78 is 27.9. The topological polar surface area (TPSA) is 49.4 Å². The van der Waals surface area contributed by atoms with Crippen LogP contribution in [0.1, 0.15) is 25.8 Å².